The second-order valence-corrected chi connectivity index (χ2v) is 5.16. The molecule has 0 saturated heterocycles. The Balaban J connectivity index is 2.70. The van der Waals surface area contributed by atoms with E-state index in [0.29, 0.717) is 11.5 Å². The van der Waals surface area contributed by atoms with Gasteiger partial charge in [0.15, 0.2) is 0 Å². The van der Waals surface area contributed by atoms with Gasteiger partial charge in [0.2, 0.25) is 0 Å². The second kappa shape index (κ2) is 6.55. The summed E-state index contributed by atoms with van der Waals surface area (Å²) in [4.78, 5) is 13.1. The molecule has 1 aromatic rings. The van der Waals surface area contributed by atoms with Crippen LogP contribution in [0.2, 0.25) is 0 Å². The SMILES string of the molecule is CCC(C)CN(C)Cc1ccc(C(=O)O)cc1C. The molecule has 3 nitrogen and oxygen atoms in total. The number of nitrogens with zero attached hydrogens (tertiary/aromatic N) is 1. The van der Waals surface area contributed by atoms with Crippen LogP contribution in [0.5, 0.6) is 0 Å². The van der Waals surface area contributed by atoms with Crippen LogP contribution in [-0.2, 0) is 6.54 Å². The molecule has 1 unspecified atom stereocenters. The number of benzene rings is 1. The molecule has 100 valence electrons. The van der Waals surface area contributed by atoms with E-state index >= 15 is 0 Å². The van der Waals surface area contributed by atoms with Gasteiger partial charge in [-0.3, -0.25) is 0 Å². The molecule has 18 heavy (non-hydrogen) atoms. The van der Waals surface area contributed by atoms with Crippen molar-refractivity contribution < 1.29 is 9.90 Å². The predicted octanol–water partition coefficient (Wildman–Crippen LogP) is 3.17. The first-order valence-corrected chi connectivity index (χ1v) is 6.45. The number of carboxylic acid groups (broad SMARTS) is 1. The molecule has 0 fully saturated rings. The molecule has 0 aliphatic heterocycles. The number of hydrogen-bond acceptors (Lipinski definition) is 2. The lowest BCUT2D eigenvalue weighted by molar-refractivity contribution is 0.0696. The van der Waals surface area contributed by atoms with Crippen LogP contribution in [0.3, 0.4) is 0 Å². The Labute approximate surface area is 109 Å². The van der Waals surface area contributed by atoms with Gasteiger partial charge in [-0.05, 0) is 43.1 Å². The zero-order chi connectivity index (χ0) is 13.7. The highest BCUT2D eigenvalue weighted by molar-refractivity contribution is 5.87. The number of carboxylic acids is 1. The van der Waals surface area contributed by atoms with Crippen molar-refractivity contribution in [2.45, 2.75) is 33.7 Å². The van der Waals surface area contributed by atoms with Gasteiger partial charge in [0.05, 0.1) is 5.56 Å². The maximum absolute atomic E-state index is 10.9. The fraction of sp³-hybridized carbons (Fsp3) is 0.533. The first-order valence-electron chi connectivity index (χ1n) is 6.45. The average molecular weight is 249 g/mol. The Morgan fingerprint density at radius 2 is 2.11 bits per heavy atom. The van der Waals surface area contributed by atoms with Gasteiger partial charge in [-0.2, -0.15) is 0 Å². The van der Waals surface area contributed by atoms with Gasteiger partial charge in [-0.25, -0.2) is 4.79 Å². The van der Waals surface area contributed by atoms with Crippen molar-refractivity contribution in [3.8, 4) is 0 Å². The molecule has 0 spiro atoms. The summed E-state index contributed by atoms with van der Waals surface area (Å²) in [6.45, 7) is 8.36. The molecule has 1 N–H and O–H groups in total. The molecule has 1 rings (SSSR count). The molecule has 0 saturated carbocycles. The number of aryl methyl sites for hydroxylation is 1. The Bertz CT molecular complexity index is 415. The minimum Gasteiger partial charge on any atom is -0.478 e. The summed E-state index contributed by atoms with van der Waals surface area (Å²) in [5.74, 6) is -0.175. The number of rotatable bonds is 6. The lowest BCUT2D eigenvalue weighted by Crippen LogP contribution is -2.24. The standard InChI is InChI=1S/C15H23NO2/c1-5-11(2)9-16(4)10-14-7-6-13(15(17)18)8-12(14)3/h6-8,11H,5,9-10H2,1-4H3,(H,17,18). The third-order valence-corrected chi connectivity index (χ3v) is 3.35. The minimum atomic E-state index is -0.863. The maximum atomic E-state index is 10.9. The normalized spacial score (nSPS) is 12.7. The lowest BCUT2D eigenvalue weighted by Gasteiger charge is -2.21. The first-order chi connectivity index (χ1) is 8.43. The Kier molecular flexibility index (Phi) is 5.35. The molecule has 3 heteroatoms. The van der Waals surface area contributed by atoms with Crippen molar-refractivity contribution >= 4 is 5.97 Å². The maximum Gasteiger partial charge on any atom is 0.335 e. The molecular formula is C15H23NO2. The summed E-state index contributed by atoms with van der Waals surface area (Å²) in [5.41, 5.74) is 2.61. The van der Waals surface area contributed by atoms with Gasteiger partial charge in [0.25, 0.3) is 0 Å². The lowest BCUT2D eigenvalue weighted by atomic mass is 10.0. The fourth-order valence-electron chi connectivity index (χ4n) is 2.02. The smallest absolute Gasteiger partial charge is 0.335 e. The minimum absolute atomic E-state index is 0.362. The number of aromatic carboxylic acids is 1. The third kappa shape index (κ3) is 4.15. The third-order valence-electron chi connectivity index (χ3n) is 3.35. The van der Waals surface area contributed by atoms with Gasteiger partial charge >= 0.3 is 5.97 Å². The largest absolute Gasteiger partial charge is 0.478 e. The summed E-state index contributed by atoms with van der Waals surface area (Å²) in [5, 5.41) is 8.92. The Morgan fingerprint density at radius 1 is 1.44 bits per heavy atom. The molecule has 0 heterocycles. The number of hydrogen-bond donors (Lipinski definition) is 1. The van der Waals surface area contributed by atoms with Crippen molar-refractivity contribution in [2.75, 3.05) is 13.6 Å². The van der Waals surface area contributed by atoms with E-state index in [9.17, 15) is 4.79 Å². The van der Waals surface area contributed by atoms with Crippen LogP contribution in [0.25, 0.3) is 0 Å². The molecule has 0 radical (unpaired) electrons. The van der Waals surface area contributed by atoms with Gasteiger partial charge in [0, 0.05) is 13.1 Å². The molecule has 0 amide bonds. The zero-order valence-corrected chi connectivity index (χ0v) is 11.7. The van der Waals surface area contributed by atoms with Crippen LogP contribution in [-0.4, -0.2) is 29.6 Å². The van der Waals surface area contributed by atoms with Crippen molar-refractivity contribution in [3.63, 3.8) is 0 Å². The van der Waals surface area contributed by atoms with Crippen LogP contribution in [0, 0.1) is 12.8 Å². The van der Waals surface area contributed by atoms with Crippen LogP contribution in [0.15, 0.2) is 18.2 Å². The molecule has 0 aromatic heterocycles. The van der Waals surface area contributed by atoms with Crippen LogP contribution < -0.4 is 0 Å². The van der Waals surface area contributed by atoms with E-state index in [-0.39, 0.29) is 0 Å². The van der Waals surface area contributed by atoms with Gasteiger partial charge < -0.3 is 10.0 Å². The molecule has 1 atom stereocenters. The van der Waals surface area contributed by atoms with E-state index in [1.807, 2.05) is 13.0 Å². The van der Waals surface area contributed by atoms with Gasteiger partial charge in [-0.15, -0.1) is 0 Å². The quantitative estimate of drug-likeness (QED) is 0.841. The molecule has 0 bridgehead atoms. The zero-order valence-electron chi connectivity index (χ0n) is 11.7. The Morgan fingerprint density at radius 3 is 2.61 bits per heavy atom. The van der Waals surface area contributed by atoms with Crippen LogP contribution in [0.4, 0.5) is 0 Å². The Hall–Kier alpha value is -1.35. The predicted molar refractivity (Wildman–Crippen MR) is 73.9 cm³/mol. The van der Waals surface area contributed by atoms with E-state index in [2.05, 4.69) is 25.8 Å². The fourth-order valence-corrected chi connectivity index (χ4v) is 2.02. The van der Waals surface area contributed by atoms with E-state index in [0.717, 1.165) is 18.7 Å². The van der Waals surface area contributed by atoms with Crippen molar-refractivity contribution in [1.82, 2.24) is 4.90 Å². The molecular weight excluding hydrogens is 226 g/mol. The highest BCUT2D eigenvalue weighted by Crippen LogP contribution is 2.14. The summed E-state index contributed by atoms with van der Waals surface area (Å²) >= 11 is 0. The van der Waals surface area contributed by atoms with E-state index in [1.165, 1.54) is 12.0 Å². The summed E-state index contributed by atoms with van der Waals surface area (Å²) in [6.07, 6.45) is 1.18. The van der Waals surface area contributed by atoms with E-state index in [4.69, 9.17) is 5.11 Å². The molecule has 0 aliphatic carbocycles. The second-order valence-electron chi connectivity index (χ2n) is 5.16. The van der Waals surface area contributed by atoms with Gasteiger partial charge in [-0.1, -0.05) is 26.3 Å². The summed E-state index contributed by atoms with van der Waals surface area (Å²) in [6, 6.07) is 5.35. The highest BCUT2D eigenvalue weighted by atomic mass is 16.4. The first kappa shape index (κ1) is 14.7. The van der Waals surface area contributed by atoms with Crippen molar-refractivity contribution in [3.05, 3.63) is 34.9 Å². The van der Waals surface area contributed by atoms with Crippen molar-refractivity contribution in [2.24, 2.45) is 5.92 Å². The van der Waals surface area contributed by atoms with Gasteiger partial charge in [0.1, 0.15) is 0 Å². The molecule has 1 aromatic carbocycles. The van der Waals surface area contributed by atoms with E-state index in [1.54, 1.807) is 12.1 Å². The molecule has 0 aliphatic rings. The average Bonchev–Trinajstić information content (AvgIpc) is 2.31. The summed E-state index contributed by atoms with van der Waals surface area (Å²) in [7, 11) is 2.11. The monoisotopic (exact) mass is 249 g/mol. The van der Waals surface area contributed by atoms with Crippen LogP contribution in [0.1, 0.15) is 41.8 Å². The topological polar surface area (TPSA) is 40.5 Å². The number of carbonyl (C=O) groups is 1. The highest BCUT2D eigenvalue weighted by Gasteiger charge is 2.09. The summed E-state index contributed by atoms with van der Waals surface area (Å²) < 4.78 is 0. The van der Waals surface area contributed by atoms with Crippen molar-refractivity contribution in [1.29, 1.82) is 0 Å². The van der Waals surface area contributed by atoms with Crippen LogP contribution >= 0.6 is 0 Å². The van der Waals surface area contributed by atoms with E-state index < -0.39 is 5.97 Å².